The van der Waals surface area contributed by atoms with E-state index in [9.17, 15) is 9.59 Å². The Bertz CT molecular complexity index is 660. The van der Waals surface area contributed by atoms with Crippen molar-refractivity contribution in [3.8, 4) is 0 Å². The minimum absolute atomic E-state index is 0.0263. The average molecular weight is 273 g/mol. The van der Waals surface area contributed by atoms with Gasteiger partial charge >= 0.3 is 5.97 Å². The summed E-state index contributed by atoms with van der Waals surface area (Å²) in [5, 5.41) is 12.9. The van der Waals surface area contributed by atoms with Gasteiger partial charge in [-0.05, 0) is 25.0 Å². The fraction of sp³-hybridized carbons (Fsp3) is 0.357. The van der Waals surface area contributed by atoms with Gasteiger partial charge in [0.2, 0.25) is 0 Å². The first kappa shape index (κ1) is 12.7. The molecule has 6 nitrogen and oxygen atoms in total. The molecule has 1 aliphatic rings. The summed E-state index contributed by atoms with van der Waals surface area (Å²) in [4.78, 5) is 25.0. The van der Waals surface area contributed by atoms with Crippen LogP contribution in [0.25, 0.3) is 5.52 Å². The minimum atomic E-state index is -0.886. The Morgan fingerprint density at radius 3 is 2.90 bits per heavy atom. The average Bonchev–Trinajstić information content (AvgIpc) is 3.17. The van der Waals surface area contributed by atoms with E-state index in [2.05, 4.69) is 5.10 Å². The summed E-state index contributed by atoms with van der Waals surface area (Å²) in [7, 11) is 0. The van der Waals surface area contributed by atoms with Crippen molar-refractivity contribution in [1.29, 1.82) is 0 Å². The molecule has 2 heterocycles. The second-order valence-corrected chi connectivity index (χ2v) is 4.96. The third kappa shape index (κ3) is 2.36. The summed E-state index contributed by atoms with van der Waals surface area (Å²) < 4.78 is 1.65. The maximum atomic E-state index is 12.6. The largest absolute Gasteiger partial charge is 0.481 e. The number of carbonyl (C=O) groups is 2. The fourth-order valence-corrected chi connectivity index (χ4v) is 2.31. The van der Waals surface area contributed by atoms with E-state index in [0.29, 0.717) is 5.56 Å². The summed E-state index contributed by atoms with van der Waals surface area (Å²) in [5.74, 6) is -1.02. The number of nitrogens with zero attached hydrogens (tertiary/aromatic N) is 3. The predicted molar refractivity (Wildman–Crippen MR) is 71.5 cm³/mol. The monoisotopic (exact) mass is 273 g/mol. The van der Waals surface area contributed by atoms with Gasteiger partial charge < -0.3 is 10.0 Å². The number of fused-ring (bicyclic) bond motifs is 1. The standard InChI is InChI=1S/C14H15N3O3/c18-13(19)6-8-16(10-4-5-10)14(20)11-9-15-17-7-2-1-3-12(11)17/h1-3,7,9-10H,4-6,8H2,(H,18,19). The molecular weight excluding hydrogens is 258 g/mol. The second-order valence-electron chi connectivity index (χ2n) is 4.96. The van der Waals surface area contributed by atoms with Gasteiger partial charge in [0.1, 0.15) is 0 Å². The van der Waals surface area contributed by atoms with E-state index >= 15 is 0 Å². The fourth-order valence-electron chi connectivity index (χ4n) is 2.31. The smallest absolute Gasteiger partial charge is 0.305 e. The SMILES string of the molecule is O=C(O)CCN(C(=O)c1cnn2ccccc12)C1CC1. The van der Waals surface area contributed by atoms with Crippen LogP contribution in [0.1, 0.15) is 29.6 Å². The molecular formula is C14H15N3O3. The lowest BCUT2D eigenvalue weighted by atomic mass is 10.2. The molecule has 1 fully saturated rings. The molecule has 1 N–H and O–H groups in total. The molecule has 0 atom stereocenters. The minimum Gasteiger partial charge on any atom is -0.481 e. The molecule has 20 heavy (non-hydrogen) atoms. The van der Waals surface area contributed by atoms with Gasteiger partial charge in [0.25, 0.3) is 5.91 Å². The Morgan fingerprint density at radius 1 is 1.40 bits per heavy atom. The van der Waals surface area contributed by atoms with E-state index < -0.39 is 5.97 Å². The highest BCUT2D eigenvalue weighted by molar-refractivity contribution is 6.01. The van der Waals surface area contributed by atoms with E-state index in [-0.39, 0.29) is 24.9 Å². The number of aliphatic carboxylic acids is 1. The molecule has 0 unspecified atom stereocenters. The third-order valence-corrected chi connectivity index (χ3v) is 3.47. The highest BCUT2D eigenvalue weighted by atomic mass is 16.4. The van der Waals surface area contributed by atoms with Crippen molar-refractivity contribution in [3.05, 3.63) is 36.2 Å². The Labute approximate surface area is 115 Å². The summed E-state index contributed by atoms with van der Waals surface area (Å²) in [6, 6.07) is 5.72. The van der Waals surface area contributed by atoms with Gasteiger partial charge in [-0.2, -0.15) is 5.10 Å². The van der Waals surface area contributed by atoms with Crippen molar-refractivity contribution in [1.82, 2.24) is 14.5 Å². The molecule has 0 aromatic carbocycles. The van der Waals surface area contributed by atoms with Gasteiger partial charge in [0, 0.05) is 18.8 Å². The van der Waals surface area contributed by atoms with Gasteiger partial charge in [-0.15, -0.1) is 0 Å². The molecule has 0 radical (unpaired) electrons. The third-order valence-electron chi connectivity index (χ3n) is 3.47. The lowest BCUT2D eigenvalue weighted by Gasteiger charge is -2.21. The number of aromatic nitrogens is 2. The van der Waals surface area contributed by atoms with Crippen molar-refractivity contribution < 1.29 is 14.7 Å². The number of hydrogen-bond acceptors (Lipinski definition) is 3. The summed E-state index contributed by atoms with van der Waals surface area (Å²) in [6.07, 6.45) is 5.20. The normalized spacial score (nSPS) is 14.4. The van der Waals surface area contributed by atoms with Crippen LogP contribution in [0.3, 0.4) is 0 Å². The molecule has 2 aromatic rings. The first-order valence-electron chi connectivity index (χ1n) is 6.62. The Kier molecular flexibility index (Phi) is 3.14. The summed E-state index contributed by atoms with van der Waals surface area (Å²) >= 11 is 0. The molecule has 0 bridgehead atoms. The maximum absolute atomic E-state index is 12.6. The van der Waals surface area contributed by atoms with Gasteiger partial charge in [0.05, 0.1) is 23.7 Å². The van der Waals surface area contributed by atoms with Crippen LogP contribution in [0.2, 0.25) is 0 Å². The van der Waals surface area contributed by atoms with Gasteiger partial charge in [-0.25, -0.2) is 4.52 Å². The Morgan fingerprint density at radius 2 is 2.20 bits per heavy atom. The van der Waals surface area contributed by atoms with Crippen molar-refractivity contribution in [2.75, 3.05) is 6.54 Å². The van der Waals surface area contributed by atoms with E-state index in [1.54, 1.807) is 21.8 Å². The van der Waals surface area contributed by atoms with E-state index in [4.69, 9.17) is 5.11 Å². The zero-order valence-electron chi connectivity index (χ0n) is 10.9. The van der Waals surface area contributed by atoms with Crippen LogP contribution in [0.15, 0.2) is 30.6 Å². The molecule has 0 spiro atoms. The van der Waals surface area contributed by atoms with E-state index in [0.717, 1.165) is 18.4 Å². The molecule has 0 saturated heterocycles. The van der Waals surface area contributed by atoms with Gasteiger partial charge in [-0.3, -0.25) is 9.59 Å². The first-order chi connectivity index (χ1) is 9.66. The van der Waals surface area contributed by atoms with Crippen LogP contribution < -0.4 is 0 Å². The number of rotatable bonds is 5. The van der Waals surface area contributed by atoms with Crippen molar-refractivity contribution in [2.45, 2.75) is 25.3 Å². The maximum Gasteiger partial charge on any atom is 0.305 e. The van der Waals surface area contributed by atoms with Crippen LogP contribution in [0, 0.1) is 0 Å². The first-order valence-corrected chi connectivity index (χ1v) is 6.62. The zero-order valence-corrected chi connectivity index (χ0v) is 10.9. The molecule has 104 valence electrons. The molecule has 1 aliphatic carbocycles. The topological polar surface area (TPSA) is 74.9 Å². The molecule has 6 heteroatoms. The number of carboxylic acids is 1. The number of hydrogen-bond donors (Lipinski definition) is 1. The van der Waals surface area contributed by atoms with Crippen LogP contribution in [0.4, 0.5) is 0 Å². The highest BCUT2D eigenvalue weighted by Crippen LogP contribution is 2.29. The lowest BCUT2D eigenvalue weighted by Crippen LogP contribution is -2.34. The van der Waals surface area contributed by atoms with Crippen molar-refractivity contribution in [2.24, 2.45) is 0 Å². The Hall–Kier alpha value is -2.37. The molecule has 1 saturated carbocycles. The molecule has 3 rings (SSSR count). The van der Waals surface area contributed by atoms with Crippen molar-refractivity contribution in [3.63, 3.8) is 0 Å². The number of amides is 1. The van der Waals surface area contributed by atoms with Crippen LogP contribution >= 0.6 is 0 Å². The Balaban J connectivity index is 1.87. The van der Waals surface area contributed by atoms with Crippen LogP contribution in [0.5, 0.6) is 0 Å². The van der Waals surface area contributed by atoms with Gasteiger partial charge in [0.15, 0.2) is 0 Å². The van der Waals surface area contributed by atoms with Crippen LogP contribution in [-0.2, 0) is 4.79 Å². The van der Waals surface area contributed by atoms with E-state index in [1.807, 2.05) is 18.2 Å². The van der Waals surface area contributed by atoms with Gasteiger partial charge in [-0.1, -0.05) is 6.07 Å². The number of pyridine rings is 1. The lowest BCUT2D eigenvalue weighted by molar-refractivity contribution is -0.137. The molecule has 0 aliphatic heterocycles. The number of carbonyl (C=O) groups excluding carboxylic acids is 1. The highest BCUT2D eigenvalue weighted by Gasteiger charge is 2.34. The van der Waals surface area contributed by atoms with E-state index in [1.165, 1.54) is 0 Å². The molecule has 2 aromatic heterocycles. The van der Waals surface area contributed by atoms with Crippen molar-refractivity contribution >= 4 is 17.4 Å². The second kappa shape index (κ2) is 4.96. The number of carboxylic acid groups (broad SMARTS) is 1. The van der Waals surface area contributed by atoms with Crippen LogP contribution in [-0.4, -0.2) is 44.1 Å². The quantitative estimate of drug-likeness (QED) is 0.893. The summed E-state index contributed by atoms with van der Waals surface area (Å²) in [6.45, 7) is 0.253. The summed E-state index contributed by atoms with van der Waals surface area (Å²) in [5.41, 5.74) is 1.28. The predicted octanol–water partition coefficient (Wildman–Crippen LogP) is 1.41. The molecule has 1 amide bonds. The zero-order chi connectivity index (χ0) is 14.1.